The monoisotopic (exact) mass is 294 g/mol. The molecule has 1 saturated carbocycles. The second-order valence-electron chi connectivity index (χ2n) is 6.44. The summed E-state index contributed by atoms with van der Waals surface area (Å²) >= 11 is 0. The second kappa shape index (κ2) is 5.46. The van der Waals surface area contributed by atoms with Gasteiger partial charge in [0.25, 0.3) is 0 Å². The molecule has 1 aromatic rings. The normalized spacial score (nSPS) is 30.3. The van der Waals surface area contributed by atoms with E-state index in [4.69, 9.17) is 18.6 Å². The Morgan fingerprint density at radius 2 is 2.24 bits per heavy atom. The van der Waals surface area contributed by atoms with Gasteiger partial charge >= 0.3 is 5.97 Å². The van der Waals surface area contributed by atoms with E-state index in [-0.39, 0.29) is 23.4 Å². The third kappa shape index (κ3) is 2.49. The lowest BCUT2D eigenvalue weighted by Crippen LogP contribution is -2.65. The molecule has 1 aliphatic heterocycles. The van der Waals surface area contributed by atoms with E-state index in [1.807, 2.05) is 0 Å². The number of hydrogen-bond donors (Lipinski definition) is 0. The topological polar surface area (TPSA) is 57.9 Å². The van der Waals surface area contributed by atoms with Gasteiger partial charge in [0.15, 0.2) is 0 Å². The molecule has 21 heavy (non-hydrogen) atoms. The van der Waals surface area contributed by atoms with Crippen molar-refractivity contribution in [3.05, 3.63) is 23.7 Å². The fourth-order valence-corrected chi connectivity index (χ4v) is 3.60. The first-order valence-corrected chi connectivity index (χ1v) is 7.44. The molecule has 1 saturated heterocycles. The predicted molar refractivity (Wildman–Crippen MR) is 74.9 cm³/mol. The van der Waals surface area contributed by atoms with Gasteiger partial charge in [-0.25, -0.2) is 4.79 Å². The van der Waals surface area contributed by atoms with Crippen molar-refractivity contribution in [1.29, 1.82) is 0 Å². The van der Waals surface area contributed by atoms with Gasteiger partial charge in [0.05, 0.1) is 6.10 Å². The average Bonchev–Trinajstić information content (AvgIpc) is 2.94. The zero-order chi connectivity index (χ0) is 15.0. The van der Waals surface area contributed by atoms with E-state index in [0.29, 0.717) is 18.3 Å². The highest BCUT2D eigenvalue weighted by Gasteiger charge is 2.60. The molecule has 3 atom stereocenters. The molecule has 2 fully saturated rings. The Balaban J connectivity index is 1.66. The summed E-state index contributed by atoms with van der Waals surface area (Å²) in [7, 11) is 1.58. The van der Waals surface area contributed by atoms with Crippen LogP contribution in [0.2, 0.25) is 0 Å². The molecule has 5 nitrogen and oxygen atoms in total. The Labute approximate surface area is 124 Å². The highest BCUT2D eigenvalue weighted by atomic mass is 16.6. The number of hydrogen-bond acceptors (Lipinski definition) is 5. The molecule has 2 heterocycles. The molecule has 3 rings (SSSR count). The highest BCUT2D eigenvalue weighted by Crippen LogP contribution is 2.53. The third-order valence-corrected chi connectivity index (χ3v) is 4.61. The van der Waals surface area contributed by atoms with Gasteiger partial charge in [-0.3, -0.25) is 0 Å². The standard InChI is InChI=1S/C16H22O5/c1-16(2)13-11(5-4-8-19-13)14(16)21-15(17)12-7-6-10(20-12)9-18-3/h6-7,11,13-14H,4-5,8-9H2,1-3H3/t11-,13-,14-/m1/s1. The Morgan fingerprint density at radius 3 is 3.00 bits per heavy atom. The Kier molecular flexibility index (Phi) is 3.80. The van der Waals surface area contributed by atoms with E-state index in [2.05, 4.69) is 13.8 Å². The fourth-order valence-electron chi connectivity index (χ4n) is 3.60. The van der Waals surface area contributed by atoms with Crippen molar-refractivity contribution in [2.75, 3.05) is 13.7 Å². The van der Waals surface area contributed by atoms with Gasteiger partial charge in [0, 0.05) is 25.0 Å². The quantitative estimate of drug-likeness (QED) is 0.799. The number of fused-ring (bicyclic) bond motifs is 1. The van der Waals surface area contributed by atoms with E-state index in [9.17, 15) is 4.79 Å². The molecular formula is C16H22O5. The van der Waals surface area contributed by atoms with Crippen LogP contribution < -0.4 is 0 Å². The van der Waals surface area contributed by atoms with Crippen LogP contribution >= 0.6 is 0 Å². The summed E-state index contributed by atoms with van der Waals surface area (Å²) in [5.41, 5.74) is -0.136. The van der Waals surface area contributed by atoms with Crippen LogP contribution in [0.1, 0.15) is 43.0 Å². The van der Waals surface area contributed by atoms with E-state index < -0.39 is 5.97 Å². The lowest BCUT2D eigenvalue weighted by atomic mass is 9.57. The average molecular weight is 294 g/mol. The summed E-state index contributed by atoms with van der Waals surface area (Å²) in [6.45, 7) is 5.34. The molecular weight excluding hydrogens is 272 g/mol. The minimum Gasteiger partial charge on any atom is -0.455 e. The van der Waals surface area contributed by atoms with Crippen molar-refractivity contribution in [2.24, 2.45) is 11.3 Å². The van der Waals surface area contributed by atoms with Crippen molar-refractivity contribution >= 4 is 5.97 Å². The van der Waals surface area contributed by atoms with E-state index >= 15 is 0 Å². The highest BCUT2D eigenvalue weighted by molar-refractivity contribution is 5.86. The summed E-state index contributed by atoms with van der Waals surface area (Å²) in [6.07, 6.45) is 2.18. The molecule has 0 radical (unpaired) electrons. The zero-order valence-electron chi connectivity index (χ0n) is 12.8. The number of methoxy groups -OCH3 is 1. The van der Waals surface area contributed by atoms with Crippen LogP contribution in [0.15, 0.2) is 16.5 Å². The van der Waals surface area contributed by atoms with Gasteiger partial charge in [-0.1, -0.05) is 13.8 Å². The van der Waals surface area contributed by atoms with Crippen molar-refractivity contribution in [1.82, 2.24) is 0 Å². The smallest absolute Gasteiger partial charge is 0.374 e. The maximum absolute atomic E-state index is 12.2. The number of esters is 1. The molecule has 0 bridgehead atoms. The summed E-state index contributed by atoms with van der Waals surface area (Å²) in [4.78, 5) is 12.2. The van der Waals surface area contributed by atoms with Crippen molar-refractivity contribution in [3.63, 3.8) is 0 Å². The number of carbonyl (C=O) groups excluding carboxylic acids is 1. The Hall–Kier alpha value is -1.33. The minimum atomic E-state index is -0.403. The van der Waals surface area contributed by atoms with Gasteiger partial charge in [-0.15, -0.1) is 0 Å². The van der Waals surface area contributed by atoms with Crippen molar-refractivity contribution < 1.29 is 23.4 Å². The van der Waals surface area contributed by atoms with E-state index in [1.54, 1.807) is 19.2 Å². The van der Waals surface area contributed by atoms with Crippen LogP contribution in [0.4, 0.5) is 0 Å². The molecule has 1 aromatic heterocycles. The summed E-state index contributed by atoms with van der Waals surface area (Å²) in [5, 5.41) is 0. The molecule has 0 N–H and O–H groups in total. The minimum absolute atomic E-state index is 0.105. The van der Waals surface area contributed by atoms with Gasteiger partial charge in [-0.05, 0) is 25.0 Å². The van der Waals surface area contributed by atoms with Gasteiger partial charge < -0.3 is 18.6 Å². The Bertz CT molecular complexity index is 518. The van der Waals surface area contributed by atoms with Gasteiger partial charge in [0.1, 0.15) is 18.5 Å². The molecule has 1 aliphatic carbocycles. The van der Waals surface area contributed by atoms with Crippen LogP contribution in [0, 0.1) is 11.3 Å². The summed E-state index contributed by atoms with van der Waals surface area (Å²) in [6, 6.07) is 3.37. The van der Waals surface area contributed by atoms with Crippen LogP contribution in [0.25, 0.3) is 0 Å². The van der Waals surface area contributed by atoms with Crippen LogP contribution in [0.3, 0.4) is 0 Å². The first-order chi connectivity index (χ1) is 10.0. The molecule has 2 aliphatic rings. The SMILES string of the molecule is COCc1ccc(C(=O)O[C@@H]2[C@@H]3CCCO[C@H]3C2(C)C)o1. The fraction of sp³-hybridized carbons (Fsp3) is 0.688. The number of rotatable bonds is 4. The van der Waals surface area contributed by atoms with Gasteiger partial charge in [-0.2, -0.15) is 0 Å². The first-order valence-electron chi connectivity index (χ1n) is 7.44. The lowest BCUT2D eigenvalue weighted by Gasteiger charge is -2.58. The largest absolute Gasteiger partial charge is 0.455 e. The maximum Gasteiger partial charge on any atom is 0.374 e. The van der Waals surface area contributed by atoms with Gasteiger partial charge in [0.2, 0.25) is 5.76 Å². The predicted octanol–water partition coefficient (Wildman–Crippen LogP) is 2.79. The molecule has 116 valence electrons. The second-order valence-corrected chi connectivity index (χ2v) is 6.44. The molecule has 0 spiro atoms. The lowest BCUT2D eigenvalue weighted by molar-refractivity contribution is -0.243. The molecule has 0 amide bonds. The first kappa shape index (κ1) is 14.6. The van der Waals surface area contributed by atoms with Crippen LogP contribution in [-0.2, 0) is 20.8 Å². The van der Waals surface area contributed by atoms with Crippen LogP contribution in [0.5, 0.6) is 0 Å². The number of furan rings is 1. The van der Waals surface area contributed by atoms with Crippen LogP contribution in [-0.4, -0.2) is 31.9 Å². The summed E-state index contributed by atoms with van der Waals surface area (Å²) in [5.74, 6) is 0.764. The number of ether oxygens (including phenoxy) is 3. The van der Waals surface area contributed by atoms with Crippen molar-refractivity contribution in [2.45, 2.75) is 45.5 Å². The van der Waals surface area contributed by atoms with E-state index in [1.165, 1.54) is 0 Å². The molecule has 0 aromatic carbocycles. The Morgan fingerprint density at radius 1 is 1.43 bits per heavy atom. The summed E-state index contributed by atoms with van der Waals surface area (Å²) < 4.78 is 21.9. The number of carbonyl (C=O) groups is 1. The third-order valence-electron chi connectivity index (χ3n) is 4.61. The van der Waals surface area contributed by atoms with E-state index in [0.717, 1.165) is 19.4 Å². The maximum atomic E-state index is 12.2. The molecule has 5 heteroatoms. The molecule has 0 unspecified atom stereocenters. The zero-order valence-corrected chi connectivity index (χ0v) is 12.8. The van der Waals surface area contributed by atoms with Crippen molar-refractivity contribution in [3.8, 4) is 0 Å².